The largest absolute Gasteiger partial charge is 0.435 e. The van der Waals surface area contributed by atoms with Crippen LogP contribution in [0.25, 0.3) is 0 Å². The van der Waals surface area contributed by atoms with Crippen molar-refractivity contribution in [2.45, 2.75) is 25.4 Å². The summed E-state index contributed by atoms with van der Waals surface area (Å²) in [4.78, 5) is 0. The van der Waals surface area contributed by atoms with Crippen LogP contribution in [0.3, 0.4) is 0 Å². The molecule has 0 aliphatic carbocycles. The molecule has 0 aliphatic rings. The van der Waals surface area contributed by atoms with Crippen molar-refractivity contribution in [3.05, 3.63) is 71.8 Å². The van der Waals surface area contributed by atoms with Gasteiger partial charge < -0.3 is 4.65 Å². The Kier molecular flexibility index (Phi) is 4.21. The van der Waals surface area contributed by atoms with Crippen molar-refractivity contribution in [3.8, 4) is 0 Å². The van der Waals surface area contributed by atoms with Crippen molar-refractivity contribution >= 4 is 8.05 Å². The summed E-state index contributed by atoms with van der Waals surface area (Å²) >= 11 is 0. The summed E-state index contributed by atoms with van der Waals surface area (Å²) in [6.07, 6.45) is 1.86. The molecule has 0 bridgehead atoms. The van der Waals surface area contributed by atoms with Gasteiger partial charge in [-0.3, -0.25) is 0 Å². The van der Waals surface area contributed by atoms with E-state index in [1.807, 2.05) is 36.4 Å². The van der Waals surface area contributed by atoms with Crippen molar-refractivity contribution in [1.82, 2.24) is 0 Å². The SMILES string of the molecule is [B]OC(CCC)(c1ccccc1)c1ccccc1. The molecular weight excluding hydrogens is 219 g/mol. The van der Waals surface area contributed by atoms with Gasteiger partial charge in [0.15, 0.2) is 0 Å². The Balaban J connectivity index is 2.53. The van der Waals surface area contributed by atoms with E-state index in [2.05, 4.69) is 31.2 Å². The highest BCUT2D eigenvalue weighted by molar-refractivity contribution is 5.98. The molecule has 2 aromatic carbocycles. The molecule has 0 aromatic heterocycles. The zero-order valence-electron chi connectivity index (χ0n) is 10.7. The molecule has 0 saturated heterocycles. The van der Waals surface area contributed by atoms with Crippen molar-refractivity contribution in [3.63, 3.8) is 0 Å². The standard InChI is InChI=1S/C16H17BO/c1-2-13-16(18-17,14-9-5-3-6-10-14)15-11-7-4-8-12-15/h3-12H,2,13H2,1H3. The summed E-state index contributed by atoms with van der Waals surface area (Å²) < 4.78 is 5.45. The van der Waals surface area contributed by atoms with E-state index in [1.165, 1.54) is 0 Å². The van der Waals surface area contributed by atoms with Crippen LogP contribution in [-0.2, 0) is 10.3 Å². The number of hydrogen-bond donors (Lipinski definition) is 0. The third kappa shape index (κ3) is 2.34. The van der Waals surface area contributed by atoms with Gasteiger partial charge >= 0.3 is 0 Å². The fraction of sp³-hybridized carbons (Fsp3) is 0.250. The maximum Gasteiger partial charge on any atom is 0.284 e. The van der Waals surface area contributed by atoms with Gasteiger partial charge in [-0.1, -0.05) is 74.0 Å². The lowest BCUT2D eigenvalue weighted by atomic mass is 9.82. The lowest BCUT2D eigenvalue weighted by Gasteiger charge is -2.34. The van der Waals surface area contributed by atoms with Crippen LogP contribution in [0.2, 0.25) is 0 Å². The molecule has 1 nitrogen and oxygen atoms in total. The summed E-state index contributed by atoms with van der Waals surface area (Å²) in [7, 11) is 5.66. The van der Waals surface area contributed by atoms with Crippen molar-refractivity contribution < 1.29 is 4.65 Å². The van der Waals surface area contributed by atoms with Gasteiger partial charge in [0.25, 0.3) is 8.05 Å². The monoisotopic (exact) mass is 236 g/mol. The lowest BCUT2D eigenvalue weighted by Crippen LogP contribution is -2.30. The Labute approximate surface area is 110 Å². The molecule has 2 aromatic rings. The van der Waals surface area contributed by atoms with Crippen LogP contribution in [0.1, 0.15) is 30.9 Å². The van der Waals surface area contributed by atoms with Crippen molar-refractivity contribution in [2.75, 3.05) is 0 Å². The predicted molar refractivity (Wildman–Crippen MR) is 75.4 cm³/mol. The lowest BCUT2D eigenvalue weighted by molar-refractivity contribution is 0.113. The molecule has 0 N–H and O–H groups in total. The first-order chi connectivity index (χ1) is 8.83. The van der Waals surface area contributed by atoms with Crippen molar-refractivity contribution in [1.29, 1.82) is 0 Å². The summed E-state index contributed by atoms with van der Waals surface area (Å²) in [6.45, 7) is 2.14. The second kappa shape index (κ2) is 5.88. The smallest absolute Gasteiger partial charge is 0.284 e. The second-order valence-corrected chi connectivity index (χ2v) is 4.43. The summed E-state index contributed by atoms with van der Waals surface area (Å²) in [5.41, 5.74) is 1.65. The normalized spacial score (nSPS) is 11.4. The first kappa shape index (κ1) is 12.9. The Morgan fingerprint density at radius 2 is 1.33 bits per heavy atom. The molecule has 18 heavy (non-hydrogen) atoms. The highest BCUT2D eigenvalue weighted by Crippen LogP contribution is 2.37. The molecule has 0 amide bonds. The van der Waals surface area contributed by atoms with E-state index in [-0.39, 0.29) is 0 Å². The first-order valence-corrected chi connectivity index (χ1v) is 6.32. The molecule has 0 aliphatic heterocycles. The van der Waals surface area contributed by atoms with E-state index >= 15 is 0 Å². The van der Waals surface area contributed by atoms with Gasteiger partial charge in [-0.15, -0.1) is 0 Å². The molecular formula is C16H17BO. The van der Waals surface area contributed by atoms with Gasteiger partial charge in [0.05, 0.1) is 0 Å². The Morgan fingerprint density at radius 1 is 0.889 bits per heavy atom. The first-order valence-electron chi connectivity index (χ1n) is 6.32. The topological polar surface area (TPSA) is 9.23 Å². The molecule has 2 radical (unpaired) electrons. The maximum atomic E-state index is 5.66. The molecule has 0 saturated carbocycles. The summed E-state index contributed by atoms with van der Waals surface area (Å²) in [5.74, 6) is 0. The van der Waals surface area contributed by atoms with E-state index in [0.717, 1.165) is 24.0 Å². The van der Waals surface area contributed by atoms with Gasteiger partial charge in [-0.25, -0.2) is 0 Å². The van der Waals surface area contributed by atoms with Crippen LogP contribution in [0, 0.1) is 0 Å². The number of hydrogen-bond acceptors (Lipinski definition) is 1. The highest BCUT2D eigenvalue weighted by atomic mass is 16.4. The maximum absolute atomic E-state index is 5.66. The van der Waals surface area contributed by atoms with Gasteiger partial charge in [-0.05, 0) is 17.5 Å². The molecule has 0 atom stereocenters. The zero-order chi connectivity index (χ0) is 12.8. The van der Waals surface area contributed by atoms with Gasteiger partial charge in [0.1, 0.15) is 5.60 Å². The van der Waals surface area contributed by atoms with Crippen molar-refractivity contribution in [2.24, 2.45) is 0 Å². The Hall–Kier alpha value is -1.54. The van der Waals surface area contributed by atoms with Gasteiger partial charge in [0, 0.05) is 0 Å². The molecule has 0 heterocycles. The van der Waals surface area contributed by atoms with Crippen LogP contribution in [-0.4, -0.2) is 8.05 Å². The van der Waals surface area contributed by atoms with Crippen LogP contribution in [0.15, 0.2) is 60.7 Å². The quantitative estimate of drug-likeness (QED) is 0.717. The molecule has 0 fully saturated rings. The number of benzene rings is 2. The zero-order valence-corrected chi connectivity index (χ0v) is 10.7. The molecule has 2 heteroatoms. The Morgan fingerprint density at radius 3 is 1.67 bits per heavy atom. The third-order valence-corrected chi connectivity index (χ3v) is 3.28. The fourth-order valence-electron chi connectivity index (χ4n) is 2.42. The summed E-state index contributed by atoms with van der Waals surface area (Å²) in [6, 6.07) is 20.3. The van der Waals surface area contributed by atoms with E-state index < -0.39 is 5.60 Å². The van der Waals surface area contributed by atoms with Crippen LogP contribution >= 0.6 is 0 Å². The van der Waals surface area contributed by atoms with Crippen LogP contribution in [0.4, 0.5) is 0 Å². The van der Waals surface area contributed by atoms with E-state index in [4.69, 9.17) is 12.7 Å². The number of rotatable bonds is 5. The van der Waals surface area contributed by atoms with Crippen LogP contribution in [0.5, 0.6) is 0 Å². The fourth-order valence-corrected chi connectivity index (χ4v) is 2.42. The minimum absolute atomic E-state index is 0.544. The average Bonchev–Trinajstić information content (AvgIpc) is 2.47. The molecule has 2 rings (SSSR count). The van der Waals surface area contributed by atoms with Gasteiger partial charge in [-0.2, -0.15) is 0 Å². The predicted octanol–water partition coefficient (Wildman–Crippen LogP) is 3.83. The average molecular weight is 236 g/mol. The third-order valence-electron chi connectivity index (χ3n) is 3.28. The summed E-state index contributed by atoms with van der Waals surface area (Å²) in [5, 5.41) is 0. The Bertz CT molecular complexity index is 427. The van der Waals surface area contributed by atoms with E-state index in [1.54, 1.807) is 0 Å². The molecule has 0 unspecified atom stereocenters. The molecule has 90 valence electrons. The minimum atomic E-state index is -0.544. The minimum Gasteiger partial charge on any atom is -0.435 e. The molecule has 0 spiro atoms. The second-order valence-electron chi connectivity index (χ2n) is 4.43. The van der Waals surface area contributed by atoms with E-state index in [0.29, 0.717) is 0 Å². The van der Waals surface area contributed by atoms with Crippen LogP contribution < -0.4 is 0 Å². The highest BCUT2D eigenvalue weighted by Gasteiger charge is 2.32. The van der Waals surface area contributed by atoms with E-state index in [9.17, 15) is 0 Å². The van der Waals surface area contributed by atoms with Gasteiger partial charge in [0.2, 0.25) is 0 Å².